The predicted octanol–water partition coefficient (Wildman–Crippen LogP) is -0.000400. The Morgan fingerprint density at radius 2 is 2.00 bits per heavy atom. The zero-order valence-electron chi connectivity index (χ0n) is 11.2. The van der Waals surface area contributed by atoms with Crippen molar-refractivity contribution in [3.63, 3.8) is 0 Å². The molecule has 0 aromatic heterocycles. The minimum atomic E-state index is -3.09. The number of nitrogens with zero attached hydrogens (tertiary/aromatic N) is 1. The lowest BCUT2D eigenvalue weighted by Gasteiger charge is -2.29. The summed E-state index contributed by atoms with van der Waals surface area (Å²) in [5, 5.41) is 2.87. The van der Waals surface area contributed by atoms with Crippen molar-refractivity contribution in [2.45, 2.75) is 30.9 Å². The lowest BCUT2D eigenvalue weighted by atomic mass is 9.94. The third-order valence-electron chi connectivity index (χ3n) is 4.15. The Kier molecular flexibility index (Phi) is 5.00. The van der Waals surface area contributed by atoms with Crippen LogP contribution >= 0.6 is 0 Å². The van der Waals surface area contributed by atoms with Crippen LogP contribution in [0.4, 0.5) is 0 Å². The van der Waals surface area contributed by atoms with Crippen molar-refractivity contribution in [1.82, 2.24) is 14.9 Å². The van der Waals surface area contributed by atoms with Gasteiger partial charge in [0.15, 0.2) is 0 Å². The van der Waals surface area contributed by atoms with Gasteiger partial charge in [-0.05, 0) is 58.3 Å². The van der Waals surface area contributed by atoms with Crippen molar-refractivity contribution in [2.24, 2.45) is 5.92 Å². The SMILES string of the molecule is CN1CCC(CCNS(=O)(=O)C2CCNC2)CC1. The second kappa shape index (κ2) is 6.32. The van der Waals surface area contributed by atoms with Gasteiger partial charge in [-0.1, -0.05) is 0 Å². The van der Waals surface area contributed by atoms with Gasteiger partial charge in [-0.2, -0.15) is 0 Å². The van der Waals surface area contributed by atoms with Gasteiger partial charge in [-0.25, -0.2) is 13.1 Å². The number of hydrogen-bond donors (Lipinski definition) is 2. The fraction of sp³-hybridized carbons (Fsp3) is 1.00. The van der Waals surface area contributed by atoms with E-state index in [1.165, 1.54) is 12.8 Å². The van der Waals surface area contributed by atoms with Gasteiger partial charge in [0.05, 0.1) is 5.25 Å². The maximum absolute atomic E-state index is 12.0. The Labute approximate surface area is 110 Å². The molecule has 2 aliphatic rings. The summed E-state index contributed by atoms with van der Waals surface area (Å²) in [6.07, 6.45) is 4.11. The summed E-state index contributed by atoms with van der Waals surface area (Å²) < 4.78 is 26.7. The third-order valence-corrected chi connectivity index (χ3v) is 6.03. The van der Waals surface area contributed by atoms with Crippen LogP contribution in [0.5, 0.6) is 0 Å². The van der Waals surface area contributed by atoms with E-state index in [2.05, 4.69) is 22.0 Å². The van der Waals surface area contributed by atoms with Crippen LogP contribution < -0.4 is 10.0 Å². The van der Waals surface area contributed by atoms with Crippen molar-refractivity contribution < 1.29 is 8.42 Å². The molecule has 0 bridgehead atoms. The van der Waals surface area contributed by atoms with Crippen LogP contribution in [0, 0.1) is 5.92 Å². The molecule has 1 atom stereocenters. The van der Waals surface area contributed by atoms with Crippen LogP contribution in [-0.2, 0) is 10.0 Å². The molecule has 18 heavy (non-hydrogen) atoms. The first-order valence-electron chi connectivity index (χ1n) is 6.95. The number of piperidine rings is 1. The maximum atomic E-state index is 12.0. The highest BCUT2D eigenvalue weighted by Crippen LogP contribution is 2.19. The van der Waals surface area contributed by atoms with Gasteiger partial charge >= 0.3 is 0 Å². The molecule has 6 heteroatoms. The average Bonchev–Trinajstić information content (AvgIpc) is 2.86. The summed E-state index contributed by atoms with van der Waals surface area (Å²) in [5.74, 6) is 0.686. The van der Waals surface area contributed by atoms with Crippen LogP contribution in [0.1, 0.15) is 25.7 Å². The summed E-state index contributed by atoms with van der Waals surface area (Å²) in [4.78, 5) is 2.34. The highest BCUT2D eigenvalue weighted by atomic mass is 32.2. The molecule has 5 nitrogen and oxygen atoms in total. The maximum Gasteiger partial charge on any atom is 0.215 e. The minimum absolute atomic E-state index is 0.227. The third kappa shape index (κ3) is 3.91. The fourth-order valence-electron chi connectivity index (χ4n) is 2.77. The first kappa shape index (κ1) is 14.2. The lowest BCUT2D eigenvalue weighted by molar-refractivity contribution is 0.213. The second-order valence-corrected chi connectivity index (χ2v) is 7.63. The molecule has 0 amide bonds. The zero-order chi connectivity index (χ0) is 13.0. The average molecular weight is 275 g/mol. The Bertz CT molecular complexity index is 344. The standard InChI is InChI=1S/C12H25N3O2S/c1-15-8-4-11(5-9-15)2-7-14-18(16,17)12-3-6-13-10-12/h11-14H,2-10H2,1H3. The van der Waals surface area contributed by atoms with Crippen molar-refractivity contribution in [3.8, 4) is 0 Å². The van der Waals surface area contributed by atoms with Crippen LogP contribution in [-0.4, -0.2) is 58.3 Å². The molecular weight excluding hydrogens is 250 g/mol. The molecule has 2 heterocycles. The van der Waals surface area contributed by atoms with Gasteiger partial charge in [0.2, 0.25) is 10.0 Å². The smallest absolute Gasteiger partial charge is 0.215 e. The minimum Gasteiger partial charge on any atom is -0.315 e. The molecule has 2 fully saturated rings. The Hall–Kier alpha value is -0.170. The van der Waals surface area contributed by atoms with Gasteiger partial charge in [0, 0.05) is 13.1 Å². The molecule has 0 radical (unpaired) electrons. The van der Waals surface area contributed by atoms with Gasteiger partial charge in [0.25, 0.3) is 0 Å². The van der Waals surface area contributed by atoms with E-state index in [0.717, 1.165) is 32.5 Å². The van der Waals surface area contributed by atoms with E-state index in [-0.39, 0.29) is 5.25 Å². The quantitative estimate of drug-likeness (QED) is 0.741. The molecule has 0 spiro atoms. The highest BCUT2D eigenvalue weighted by Gasteiger charge is 2.28. The van der Waals surface area contributed by atoms with Gasteiger partial charge in [-0.3, -0.25) is 0 Å². The Morgan fingerprint density at radius 3 is 2.61 bits per heavy atom. The molecule has 0 saturated carbocycles. The first-order valence-corrected chi connectivity index (χ1v) is 8.50. The summed E-state index contributed by atoms with van der Waals surface area (Å²) in [5.41, 5.74) is 0. The number of sulfonamides is 1. The topological polar surface area (TPSA) is 61.4 Å². The van der Waals surface area contributed by atoms with E-state index < -0.39 is 10.0 Å². The van der Waals surface area contributed by atoms with Gasteiger partial charge in [-0.15, -0.1) is 0 Å². The summed E-state index contributed by atoms with van der Waals surface area (Å²) >= 11 is 0. The van der Waals surface area contributed by atoms with Crippen LogP contribution in [0.3, 0.4) is 0 Å². The molecule has 0 aromatic rings. The van der Waals surface area contributed by atoms with E-state index >= 15 is 0 Å². The molecule has 2 saturated heterocycles. The second-order valence-electron chi connectivity index (χ2n) is 5.59. The number of hydrogen-bond acceptors (Lipinski definition) is 4. The zero-order valence-corrected chi connectivity index (χ0v) is 12.0. The molecule has 2 N–H and O–H groups in total. The molecule has 2 rings (SSSR count). The fourth-order valence-corrected chi connectivity index (χ4v) is 4.17. The molecule has 0 aromatic carbocycles. The van der Waals surface area contributed by atoms with Crippen LogP contribution in [0.2, 0.25) is 0 Å². The summed E-state index contributed by atoms with van der Waals surface area (Å²) in [6.45, 7) is 4.31. The van der Waals surface area contributed by atoms with Gasteiger partial charge in [0.1, 0.15) is 0 Å². The van der Waals surface area contributed by atoms with E-state index in [0.29, 0.717) is 19.0 Å². The molecule has 2 aliphatic heterocycles. The summed E-state index contributed by atoms with van der Waals surface area (Å²) in [7, 11) is -0.950. The van der Waals surface area contributed by atoms with E-state index in [1.807, 2.05) is 0 Å². The van der Waals surface area contributed by atoms with Crippen molar-refractivity contribution in [2.75, 3.05) is 39.8 Å². The predicted molar refractivity (Wildman–Crippen MR) is 73.0 cm³/mol. The Balaban J connectivity index is 1.68. The largest absolute Gasteiger partial charge is 0.315 e. The molecule has 0 aliphatic carbocycles. The normalized spacial score (nSPS) is 27.7. The summed E-state index contributed by atoms with van der Waals surface area (Å²) in [6, 6.07) is 0. The van der Waals surface area contributed by atoms with Crippen molar-refractivity contribution in [1.29, 1.82) is 0 Å². The van der Waals surface area contributed by atoms with Crippen LogP contribution in [0.15, 0.2) is 0 Å². The number of likely N-dealkylation sites (tertiary alicyclic amines) is 1. The molecule has 106 valence electrons. The molecular formula is C12H25N3O2S. The molecule has 1 unspecified atom stereocenters. The number of rotatable bonds is 5. The number of nitrogens with one attached hydrogen (secondary N) is 2. The van der Waals surface area contributed by atoms with Crippen molar-refractivity contribution >= 4 is 10.0 Å². The lowest BCUT2D eigenvalue weighted by Crippen LogP contribution is -2.37. The van der Waals surface area contributed by atoms with Crippen LogP contribution in [0.25, 0.3) is 0 Å². The van der Waals surface area contributed by atoms with E-state index in [1.54, 1.807) is 0 Å². The van der Waals surface area contributed by atoms with Gasteiger partial charge < -0.3 is 10.2 Å². The first-order chi connectivity index (χ1) is 8.58. The van der Waals surface area contributed by atoms with E-state index in [9.17, 15) is 8.42 Å². The Morgan fingerprint density at radius 1 is 1.28 bits per heavy atom. The van der Waals surface area contributed by atoms with E-state index in [4.69, 9.17) is 0 Å². The van der Waals surface area contributed by atoms with Crippen molar-refractivity contribution in [3.05, 3.63) is 0 Å². The monoisotopic (exact) mass is 275 g/mol. The highest BCUT2D eigenvalue weighted by molar-refractivity contribution is 7.90.